The third-order valence-electron chi connectivity index (χ3n) is 3.63. The van der Waals surface area contributed by atoms with Crippen LogP contribution >= 0.6 is 0 Å². The molecule has 1 saturated carbocycles. The summed E-state index contributed by atoms with van der Waals surface area (Å²) in [5.41, 5.74) is 0.493. The minimum absolute atomic E-state index is 0.287. The summed E-state index contributed by atoms with van der Waals surface area (Å²) in [6, 6.07) is 0.505. The van der Waals surface area contributed by atoms with Crippen molar-refractivity contribution in [2.24, 2.45) is 5.41 Å². The van der Waals surface area contributed by atoms with E-state index in [2.05, 4.69) is 19.2 Å². The number of carbonyl (C=O) groups excluding carboxylic acids is 1. The minimum Gasteiger partial charge on any atom is -0.326 e. The van der Waals surface area contributed by atoms with E-state index in [9.17, 15) is 4.79 Å². The van der Waals surface area contributed by atoms with E-state index in [1.54, 1.807) is 0 Å². The third kappa shape index (κ3) is 1.92. The molecule has 14 heavy (non-hydrogen) atoms. The summed E-state index contributed by atoms with van der Waals surface area (Å²) in [5, 5.41) is 3.12. The quantitative estimate of drug-likeness (QED) is 0.686. The molecule has 0 atom stereocenters. The molecule has 3 heteroatoms. The fourth-order valence-corrected chi connectivity index (χ4v) is 2.50. The van der Waals surface area contributed by atoms with Gasteiger partial charge in [0.2, 0.25) is 5.91 Å². The van der Waals surface area contributed by atoms with Crippen LogP contribution in [0.3, 0.4) is 0 Å². The molecule has 2 aliphatic rings. The Labute approximate surface area is 85.8 Å². The van der Waals surface area contributed by atoms with Crippen LogP contribution < -0.4 is 5.32 Å². The van der Waals surface area contributed by atoms with Gasteiger partial charge >= 0.3 is 0 Å². The van der Waals surface area contributed by atoms with E-state index in [0.717, 1.165) is 6.67 Å². The zero-order chi connectivity index (χ0) is 10.2. The van der Waals surface area contributed by atoms with Gasteiger partial charge in [-0.25, -0.2) is 0 Å². The number of hydrogen-bond acceptors (Lipinski definition) is 2. The van der Waals surface area contributed by atoms with Crippen molar-refractivity contribution >= 4 is 5.91 Å². The van der Waals surface area contributed by atoms with Crippen LogP contribution in [0.25, 0.3) is 0 Å². The molecule has 1 aliphatic carbocycles. The summed E-state index contributed by atoms with van der Waals surface area (Å²) in [7, 11) is 0. The molecule has 0 unspecified atom stereocenters. The molecular weight excluding hydrogens is 176 g/mol. The zero-order valence-corrected chi connectivity index (χ0v) is 9.18. The van der Waals surface area contributed by atoms with Crippen LogP contribution in [0.2, 0.25) is 0 Å². The van der Waals surface area contributed by atoms with Crippen molar-refractivity contribution in [2.45, 2.75) is 45.6 Å². The first-order chi connectivity index (χ1) is 6.58. The number of carbonyl (C=O) groups is 1. The molecule has 2 fully saturated rings. The lowest BCUT2D eigenvalue weighted by atomic mass is 9.75. The van der Waals surface area contributed by atoms with Gasteiger partial charge in [-0.2, -0.15) is 0 Å². The fourth-order valence-electron chi connectivity index (χ4n) is 2.50. The summed E-state index contributed by atoms with van der Waals surface area (Å²) in [4.78, 5) is 13.5. The molecule has 3 nitrogen and oxygen atoms in total. The van der Waals surface area contributed by atoms with Crippen molar-refractivity contribution in [3.8, 4) is 0 Å². The maximum Gasteiger partial charge on any atom is 0.237 e. The first-order valence-corrected chi connectivity index (χ1v) is 5.59. The predicted octanol–water partition coefficient (Wildman–Crippen LogP) is 1.34. The number of rotatable bonds is 1. The van der Waals surface area contributed by atoms with Crippen LogP contribution in [0.4, 0.5) is 0 Å². The van der Waals surface area contributed by atoms with Crippen LogP contribution in [0.5, 0.6) is 0 Å². The summed E-state index contributed by atoms with van der Waals surface area (Å²) in [6.07, 6.45) is 4.86. The summed E-state index contributed by atoms with van der Waals surface area (Å²) in [6.45, 7) is 5.96. The Bertz CT molecular complexity index is 227. The average molecular weight is 196 g/mol. The smallest absolute Gasteiger partial charge is 0.237 e. The van der Waals surface area contributed by atoms with Crippen molar-refractivity contribution in [3.63, 3.8) is 0 Å². The maximum atomic E-state index is 11.5. The van der Waals surface area contributed by atoms with E-state index >= 15 is 0 Å². The monoisotopic (exact) mass is 196 g/mol. The Hall–Kier alpha value is -0.570. The lowest BCUT2D eigenvalue weighted by Crippen LogP contribution is -2.41. The van der Waals surface area contributed by atoms with Gasteiger partial charge in [0.1, 0.15) is 0 Å². The van der Waals surface area contributed by atoms with Gasteiger partial charge in [-0.1, -0.05) is 13.8 Å². The maximum absolute atomic E-state index is 11.5. The molecule has 1 aliphatic heterocycles. The Morgan fingerprint density at radius 3 is 2.50 bits per heavy atom. The SMILES string of the molecule is CC1(C)CCC(N2CNCC2=O)CC1. The number of hydrogen-bond donors (Lipinski definition) is 1. The van der Waals surface area contributed by atoms with Gasteiger partial charge in [-0.3, -0.25) is 10.1 Å². The Kier molecular flexibility index (Phi) is 2.52. The van der Waals surface area contributed by atoms with E-state index in [0.29, 0.717) is 18.0 Å². The van der Waals surface area contributed by atoms with Gasteiger partial charge < -0.3 is 4.90 Å². The highest BCUT2D eigenvalue weighted by Gasteiger charge is 2.33. The first-order valence-electron chi connectivity index (χ1n) is 5.59. The van der Waals surface area contributed by atoms with Gasteiger partial charge in [0.05, 0.1) is 13.2 Å². The molecule has 1 N–H and O–H groups in total. The highest BCUT2D eigenvalue weighted by atomic mass is 16.2. The van der Waals surface area contributed by atoms with Gasteiger partial charge in [-0.15, -0.1) is 0 Å². The van der Waals surface area contributed by atoms with E-state index < -0.39 is 0 Å². The van der Waals surface area contributed by atoms with Crippen LogP contribution in [0.15, 0.2) is 0 Å². The third-order valence-corrected chi connectivity index (χ3v) is 3.63. The average Bonchev–Trinajstić information content (AvgIpc) is 2.52. The lowest BCUT2D eigenvalue weighted by molar-refractivity contribution is -0.129. The normalized spacial score (nSPS) is 28.4. The highest BCUT2D eigenvalue weighted by molar-refractivity contribution is 5.80. The van der Waals surface area contributed by atoms with Crippen LogP contribution in [0, 0.1) is 5.41 Å². The van der Waals surface area contributed by atoms with Crippen LogP contribution in [-0.2, 0) is 4.79 Å². The molecular formula is C11H20N2O. The number of nitrogens with one attached hydrogen (secondary N) is 1. The molecule has 0 aromatic rings. The zero-order valence-electron chi connectivity index (χ0n) is 9.18. The van der Waals surface area contributed by atoms with Crippen LogP contribution in [-0.4, -0.2) is 30.1 Å². The first kappa shape index (κ1) is 9.97. The van der Waals surface area contributed by atoms with Gasteiger partial charge in [0.15, 0.2) is 0 Å². The molecule has 80 valence electrons. The van der Waals surface area contributed by atoms with Crippen molar-refractivity contribution in [1.29, 1.82) is 0 Å². The minimum atomic E-state index is 0.287. The van der Waals surface area contributed by atoms with Crippen molar-refractivity contribution in [3.05, 3.63) is 0 Å². The number of nitrogens with zero attached hydrogens (tertiary/aromatic N) is 1. The van der Waals surface area contributed by atoms with E-state index in [1.807, 2.05) is 4.90 Å². The second-order valence-electron chi connectivity index (χ2n) is 5.34. The molecule has 1 amide bonds. The topological polar surface area (TPSA) is 32.3 Å². The fraction of sp³-hybridized carbons (Fsp3) is 0.909. The van der Waals surface area contributed by atoms with E-state index in [1.165, 1.54) is 25.7 Å². The van der Waals surface area contributed by atoms with Crippen molar-refractivity contribution in [1.82, 2.24) is 10.2 Å². The second-order valence-corrected chi connectivity index (χ2v) is 5.34. The second kappa shape index (κ2) is 3.54. The largest absolute Gasteiger partial charge is 0.326 e. The molecule has 0 aromatic carbocycles. The number of amides is 1. The predicted molar refractivity (Wildman–Crippen MR) is 55.8 cm³/mol. The van der Waals surface area contributed by atoms with Gasteiger partial charge in [0.25, 0.3) is 0 Å². The van der Waals surface area contributed by atoms with Crippen molar-refractivity contribution in [2.75, 3.05) is 13.2 Å². The molecule has 0 aromatic heterocycles. The van der Waals surface area contributed by atoms with Gasteiger partial charge in [0, 0.05) is 6.04 Å². The lowest BCUT2D eigenvalue weighted by Gasteiger charge is -2.38. The molecule has 0 spiro atoms. The Morgan fingerprint density at radius 2 is 2.00 bits per heavy atom. The van der Waals surface area contributed by atoms with E-state index in [-0.39, 0.29) is 5.91 Å². The standard InChI is InChI=1S/C11H20N2O/c1-11(2)5-3-9(4-6-11)13-8-12-7-10(13)14/h9,12H,3-8H2,1-2H3. The summed E-state index contributed by atoms with van der Waals surface area (Å²) < 4.78 is 0. The summed E-state index contributed by atoms with van der Waals surface area (Å²) >= 11 is 0. The van der Waals surface area contributed by atoms with Crippen molar-refractivity contribution < 1.29 is 4.79 Å². The Morgan fingerprint density at radius 1 is 1.36 bits per heavy atom. The highest BCUT2D eigenvalue weighted by Crippen LogP contribution is 2.37. The Balaban J connectivity index is 1.92. The molecule has 2 rings (SSSR count). The molecule has 1 heterocycles. The summed E-state index contributed by atoms with van der Waals surface area (Å²) in [5.74, 6) is 0.287. The molecule has 1 saturated heterocycles. The molecule has 0 bridgehead atoms. The van der Waals surface area contributed by atoms with E-state index in [4.69, 9.17) is 0 Å². The van der Waals surface area contributed by atoms with Crippen LogP contribution in [0.1, 0.15) is 39.5 Å². The molecule has 0 radical (unpaired) electrons. The van der Waals surface area contributed by atoms with Gasteiger partial charge in [-0.05, 0) is 31.1 Å².